The summed E-state index contributed by atoms with van der Waals surface area (Å²) in [5.74, 6) is 3.22. The molecule has 2 aromatic rings. The molecule has 1 heterocycles. The minimum Gasteiger partial charge on any atom is -0.490 e. The van der Waals surface area contributed by atoms with Crippen molar-refractivity contribution < 1.29 is 13.9 Å². The molecule has 0 fully saturated rings. The average molecular weight is 289 g/mol. The van der Waals surface area contributed by atoms with Gasteiger partial charge in [0.25, 0.3) is 0 Å². The Morgan fingerprint density at radius 2 is 1.67 bits per heavy atom. The Morgan fingerprint density at radius 1 is 1.00 bits per heavy atom. The van der Waals surface area contributed by atoms with Gasteiger partial charge < -0.3 is 19.2 Å². The zero-order valence-corrected chi connectivity index (χ0v) is 12.9. The molecule has 0 saturated carbocycles. The first kappa shape index (κ1) is 15.4. The van der Waals surface area contributed by atoms with Crippen LogP contribution in [0.4, 0.5) is 0 Å². The van der Waals surface area contributed by atoms with E-state index in [0.29, 0.717) is 19.3 Å². The van der Waals surface area contributed by atoms with Crippen LogP contribution < -0.4 is 14.8 Å². The fraction of sp³-hybridized carbons (Fsp3) is 0.412. The Bertz CT molecular complexity index is 548. The number of nitrogens with one attached hydrogen (secondary N) is 1. The van der Waals surface area contributed by atoms with Crippen molar-refractivity contribution in [1.82, 2.24) is 5.32 Å². The van der Waals surface area contributed by atoms with Gasteiger partial charge in [-0.3, -0.25) is 0 Å². The smallest absolute Gasteiger partial charge is 0.161 e. The predicted octanol–water partition coefficient (Wildman–Crippen LogP) is 3.76. The first-order chi connectivity index (χ1) is 10.2. The van der Waals surface area contributed by atoms with Crippen LogP contribution in [0.15, 0.2) is 40.8 Å². The normalized spacial score (nSPS) is 10.9. The quantitative estimate of drug-likeness (QED) is 0.803. The average Bonchev–Trinajstić information content (AvgIpc) is 2.92. The van der Waals surface area contributed by atoms with Gasteiger partial charge in [-0.25, -0.2) is 0 Å². The molecule has 1 N–H and O–H groups in total. The summed E-state index contributed by atoms with van der Waals surface area (Å²) in [7, 11) is 0. The Labute approximate surface area is 126 Å². The van der Waals surface area contributed by atoms with E-state index >= 15 is 0 Å². The molecule has 0 aliphatic heterocycles. The molecule has 1 aromatic carbocycles. The van der Waals surface area contributed by atoms with E-state index in [-0.39, 0.29) is 0 Å². The van der Waals surface area contributed by atoms with E-state index in [9.17, 15) is 0 Å². The molecule has 0 radical (unpaired) electrons. The van der Waals surface area contributed by atoms with Gasteiger partial charge in [0.15, 0.2) is 11.5 Å². The van der Waals surface area contributed by atoms with E-state index in [1.165, 1.54) is 0 Å². The Morgan fingerprint density at radius 3 is 2.33 bits per heavy atom. The van der Waals surface area contributed by atoms with Crippen LogP contribution in [-0.4, -0.2) is 12.6 Å². The van der Waals surface area contributed by atoms with Gasteiger partial charge in [-0.2, -0.15) is 0 Å². The summed E-state index contributed by atoms with van der Waals surface area (Å²) in [6.07, 6.45) is 0. The molecular formula is C17H23NO3. The van der Waals surface area contributed by atoms with E-state index in [0.717, 1.165) is 29.6 Å². The molecule has 2 rings (SSSR count). The first-order valence-corrected chi connectivity index (χ1v) is 7.34. The highest BCUT2D eigenvalue weighted by atomic mass is 16.5. The van der Waals surface area contributed by atoms with Crippen molar-refractivity contribution in [2.45, 2.75) is 40.0 Å². The molecule has 4 nitrogen and oxygen atoms in total. The van der Waals surface area contributed by atoms with E-state index in [4.69, 9.17) is 13.9 Å². The third-order valence-electron chi connectivity index (χ3n) is 2.92. The number of hydrogen-bond acceptors (Lipinski definition) is 4. The summed E-state index contributed by atoms with van der Waals surface area (Å²) in [4.78, 5) is 0. The van der Waals surface area contributed by atoms with Crippen LogP contribution in [0.3, 0.4) is 0 Å². The highest BCUT2D eigenvalue weighted by Gasteiger charge is 2.07. The van der Waals surface area contributed by atoms with Crippen molar-refractivity contribution in [3.05, 3.63) is 47.9 Å². The lowest BCUT2D eigenvalue weighted by atomic mass is 10.3. The van der Waals surface area contributed by atoms with Crippen LogP contribution in [0.25, 0.3) is 0 Å². The first-order valence-electron chi connectivity index (χ1n) is 7.34. The molecule has 0 bridgehead atoms. The Kier molecular flexibility index (Phi) is 5.69. The molecular weight excluding hydrogens is 266 g/mol. The summed E-state index contributed by atoms with van der Waals surface area (Å²) in [6.45, 7) is 7.91. The van der Waals surface area contributed by atoms with Crippen molar-refractivity contribution in [3.63, 3.8) is 0 Å². The van der Waals surface area contributed by atoms with Gasteiger partial charge in [0.1, 0.15) is 18.1 Å². The van der Waals surface area contributed by atoms with Crippen molar-refractivity contribution in [2.75, 3.05) is 6.61 Å². The van der Waals surface area contributed by atoms with Crippen LogP contribution >= 0.6 is 0 Å². The van der Waals surface area contributed by atoms with Crippen molar-refractivity contribution in [1.29, 1.82) is 0 Å². The van der Waals surface area contributed by atoms with E-state index < -0.39 is 0 Å². The molecule has 0 unspecified atom stereocenters. The number of rotatable bonds is 8. The van der Waals surface area contributed by atoms with Gasteiger partial charge in [-0.05, 0) is 31.2 Å². The molecule has 0 spiro atoms. The zero-order valence-electron chi connectivity index (χ0n) is 12.9. The highest BCUT2D eigenvalue weighted by molar-refractivity contribution is 5.39. The summed E-state index contributed by atoms with van der Waals surface area (Å²) < 4.78 is 17.0. The predicted molar refractivity (Wildman–Crippen MR) is 82.6 cm³/mol. The molecule has 114 valence electrons. The van der Waals surface area contributed by atoms with Gasteiger partial charge in [0.05, 0.1) is 13.2 Å². The van der Waals surface area contributed by atoms with Crippen LogP contribution in [-0.2, 0) is 13.2 Å². The molecule has 0 amide bonds. The van der Waals surface area contributed by atoms with Gasteiger partial charge >= 0.3 is 0 Å². The minimum absolute atomic E-state index is 0.395. The largest absolute Gasteiger partial charge is 0.490 e. The summed E-state index contributed by atoms with van der Waals surface area (Å²) in [5.41, 5.74) is 0. The standard InChI is InChI=1S/C17H23NO3/c1-4-19-16-7-5-6-8-17(16)20-12-15-10-9-14(21-15)11-18-13(2)3/h5-10,13,18H,4,11-12H2,1-3H3. The zero-order chi connectivity index (χ0) is 15.1. The number of ether oxygens (including phenoxy) is 2. The van der Waals surface area contributed by atoms with Gasteiger partial charge in [-0.15, -0.1) is 0 Å². The lowest BCUT2D eigenvalue weighted by molar-refractivity contribution is 0.244. The maximum atomic E-state index is 5.78. The summed E-state index contributed by atoms with van der Waals surface area (Å²) in [6, 6.07) is 12.0. The highest BCUT2D eigenvalue weighted by Crippen LogP contribution is 2.27. The molecule has 1 aromatic heterocycles. The van der Waals surface area contributed by atoms with Gasteiger partial charge in [-0.1, -0.05) is 26.0 Å². The second kappa shape index (κ2) is 7.74. The topological polar surface area (TPSA) is 43.6 Å². The van der Waals surface area contributed by atoms with Crippen LogP contribution in [0, 0.1) is 0 Å². The molecule has 21 heavy (non-hydrogen) atoms. The molecule has 0 atom stereocenters. The Balaban J connectivity index is 1.91. The fourth-order valence-electron chi connectivity index (χ4n) is 1.89. The summed E-state index contributed by atoms with van der Waals surface area (Å²) >= 11 is 0. The third-order valence-corrected chi connectivity index (χ3v) is 2.92. The molecule has 0 aliphatic carbocycles. The van der Waals surface area contributed by atoms with Crippen molar-refractivity contribution in [2.24, 2.45) is 0 Å². The number of para-hydroxylation sites is 2. The van der Waals surface area contributed by atoms with Crippen LogP contribution in [0.1, 0.15) is 32.3 Å². The molecule has 4 heteroatoms. The maximum Gasteiger partial charge on any atom is 0.161 e. The van der Waals surface area contributed by atoms with Crippen molar-refractivity contribution >= 4 is 0 Å². The number of furan rings is 1. The third kappa shape index (κ3) is 4.83. The van der Waals surface area contributed by atoms with Gasteiger partial charge in [0, 0.05) is 6.04 Å². The second-order valence-electron chi connectivity index (χ2n) is 5.07. The second-order valence-corrected chi connectivity index (χ2v) is 5.07. The SMILES string of the molecule is CCOc1ccccc1OCc1ccc(CNC(C)C)o1. The van der Waals surface area contributed by atoms with E-state index in [1.807, 2.05) is 43.3 Å². The summed E-state index contributed by atoms with van der Waals surface area (Å²) in [5, 5.41) is 3.32. The lowest BCUT2D eigenvalue weighted by Crippen LogP contribution is -2.21. The molecule has 0 aliphatic rings. The fourth-order valence-corrected chi connectivity index (χ4v) is 1.89. The van der Waals surface area contributed by atoms with E-state index in [1.54, 1.807) is 0 Å². The number of hydrogen-bond donors (Lipinski definition) is 1. The van der Waals surface area contributed by atoms with Gasteiger partial charge in [0.2, 0.25) is 0 Å². The Hall–Kier alpha value is -1.94. The maximum absolute atomic E-state index is 5.78. The van der Waals surface area contributed by atoms with Crippen LogP contribution in [0.5, 0.6) is 11.5 Å². The minimum atomic E-state index is 0.395. The molecule has 0 saturated heterocycles. The van der Waals surface area contributed by atoms with Crippen LogP contribution in [0.2, 0.25) is 0 Å². The monoisotopic (exact) mass is 289 g/mol. The van der Waals surface area contributed by atoms with E-state index in [2.05, 4.69) is 19.2 Å². The van der Waals surface area contributed by atoms with Crippen molar-refractivity contribution in [3.8, 4) is 11.5 Å². The number of benzene rings is 1. The lowest BCUT2D eigenvalue weighted by Gasteiger charge is -2.10.